The van der Waals surface area contributed by atoms with Crippen LogP contribution >= 0.6 is 0 Å². The molecule has 5 aromatic carbocycles. The third-order valence-electron chi connectivity index (χ3n) is 7.93. The van der Waals surface area contributed by atoms with Gasteiger partial charge in [-0.2, -0.15) is 0 Å². The standard InChI is InChI=1S/C34H30/c1-21-11-9-17-27(23(21)3)33-29-15-7-8-16-30(29)34(28-18-10-12-22(2)24(28)4)32-20-26-14-6-5-13-25(26)19-31(32)33/h5-12,15-20H,13-14H2,1-4H3. The predicted molar refractivity (Wildman–Crippen MR) is 148 cm³/mol. The Bertz CT molecular complexity index is 1510. The van der Waals surface area contributed by atoms with E-state index in [1.807, 2.05) is 0 Å². The fourth-order valence-electron chi connectivity index (χ4n) is 5.74. The van der Waals surface area contributed by atoms with E-state index in [0.717, 1.165) is 12.8 Å². The van der Waals surface area contributed by atoms with Crippen molar-refractivity contribution >= 4 is 21.5 Å². The van der Waals surface area contributed by atoms with Crippen LogP contribution in [-0.2, 0) is 12.8 Å². The molecule has 5 aromatic rings. The van der Waals surface area contributed by atoms with Gasteiger partial charge in [0.2, 0.25) is 0 Å². The maximum atomic E-state index is 2.49. The summed E-state index contributed by atoms with van der Waals surface area (Å²) in [5, 5.41) is 5.42. The second-order valence-electron chi connectivity index (χ2n) is 9.84. The molecule has 0 heterocycles. The fourth-order valence-corrected chi connectivity index (χ4v) is 5.74. The summed E-state index contributed by atoms with van der Waals surface area (Å²) >= 11 is 0. The van der Waals surface area contributed by atoms with Crippen LogP contribution in [0, 0.1) is 27.7 Å². The van der Waals surface area contributed by atoms with Gasteiger partial charge in [0.15, 0.2) is 0 Å². The Morgan fingerprint density at radius 1 is 0.471 bits per heavy atom. The minimum Gasteiger partial charge on any atom is -0.0838 e. The fraction of sp³-hybridized carbons (Fsp3) is 0.176. The molecular formula is C34H30. The highest BCUT2D eigenvalue weighted by Crippen LogP contribution is 2.46. The quantitative estimate of drug-likeness (QED) is 0.190. The molecule has 166 valence electrons. The van der Waals surface area contributed by atoms with Gasteiger partial charge in [-0.05, 0) is 130 Å². The van der Waals surface area contributed by atoms with Crippen molar-refractivity contribution in [1.82, 2.24) is 0 Å². The Kier molecular flexibility index (Phi) is 4.92. The Balaban J connectivity index is 1.87. The molecule has 6 rings (SSSR count). The molecule has 0 amide bonds. The number of fused-ring (bicyclic) bond motifs is 3. The highest BCUT2D eigenvalue weighted by Gasteiger charge is 2.21. The van der Waals surface area contributed by atoms with E-state index >= 15 is 0 Å². The summed E-state index contributed by atoms with van der Waals surface area (Å²) in [6, 6.07) is 27.5. The Morgan fingerprint density at radius 2 is 0.912 bits per heavy atom. The molecular weight excluding hydrogens is 408 g/mol. The largest absolute Gasteiger partial charge is 0.0838 e. The average Bonchev–Trinajstić information content (AvgIpc) is 2.85. The molecule has 0 radical (unpaired) electrons. The van der Waals surface area contributed by atoms with Gasteiger partial charge in [0.25, 0.3) is 0 Å². The number of allylic oxidation sites excluding steroid dienone is 2. The molecule has 0 N–H and O–H groups in total. The van der Waals surface area contributed by atoms with E-state index in [9.17, 15) is 0 Å². The molecule has 0 saturated carbocycles. The summed E-state index contributed by atoms with van der Waals surface area (Å²) in [4.78, 5) is 0. The van der Waals surface area contributed by atoms with Crippen LogP contribution in [0.25, 0.3) is 43.8 Å². The SMILES string of the molecule is Cc1cccc(-c2c3ccccc3c(-c3cccc(C)c3C)c3cc4c(cc23)CC=CC4)c1C. The molecule has 0 bridgehead atoms. The van der Waals surface area contributed by atoms with Crippen LogP contribution in [0.5, 0.6) is 0 Å². The van der Waals surface area contributed by atoms with Crippen LogP contribution in [-0.4, -0.2) is 0 Å². The van der Waals surface area contributed by atoms with Gasteiger partial charge in [0.05, 0.1) is 0 Å². The van der Waals surface area contributed by atoms with Gasteiger partial charge < -0.3 is 0 Å². The lowest BCUT2D eigenvalue weighted by Crippen LogP contribution is -2.00. The van der Waals surface area contributed by atoms with Gasteiger partial charge >= 0.3 is 0 Å². The first-order valence-corrected chi connectivity index (χ1v) is 12.3. The highest BCUT2D eigenvalue weighted by molar-refractivity contribution is 6.22. The van der Waals surface area contributed by atoms with Crippen molar-refractivity contribution in [3.8, 4) is 22.3 Å². The van der Waals surface area contributed by atoms with E-state index in [2.05, 4.69) is 113 Å². The first kappa shape index (κ1) is 20.9. The van der Waals surface area contributed by atoms with Gasteiger partial charge in [0.1, 0.15) is 0 Å². The van der Waals surface area contributed by atoms with Crippen molar-refractivity contribution in [3.05, 3.63) is 118 Å². The minimum absolute atomic E-state index is 1.02. The third-order valence-corrected chi connectivity index (χ3v) is 7.93. The van der Waals surface area contributed by atoms with Crippen molar-refractivity contribution in [2.24, 2.45) is 0 Å². The van der Waals surface area contributed by atoms with Gasteiger partial charge in [-0.1, -0.05) is 72.8 Å². The average molecular weight is 439 g/mol. The smallest absolute Gasteiger partial charge is 0.00235 e. The number of hydrogen-bond donors (Lipinski definition) is 0. The Labute approximate surface area is 202 Å². The van der Waals surface area contributed by atoms with E-state index < -0.39 is 0 Å². The van der Waals surface area contributed by atoms with Gasteiger partial charge in [-0.3, -0.25) is 0 Å². The molecule has 1 aliphatic carbocycles. The zero-order chi connectivity index (χ0) is 23.4. The molecule has 0 nitrogen and oxygen atoms in total. The van der Waals surface area contributed by atoms with E-state index in [1.165, 1.54) is 77.2 Å². The van der Waals surface area contributed by atoms with E-state index in [0.29, 0.717) is 0 Å². The van der Waals surface area contributed by atoms with Crippen molar-refractivity contribution in [1.29, 1.82) is 0 Å². The molecule has 0 saturated heterocycles. The van der Waals surface area contributed by atoms with Crippen LogP contribution in [0.3, 0.4) is 0 Å². The van der Waals surface area contributed by atoms with Crippen molar-refractivity contribution in [2.75, 3.05) is 0 Å². The molecule has 0 heteroatoms. The van der Waals surface area contributed by atoms with Crippen LogP contribution in [0.4, 0.5) is 0 Å². The summed E-state index contributed by atoms with van der Waals surface area (Å²) in [5.74, 6) is 0. The van der Waals surface area contributed by atoms with E-state index in [-0.39, 0.29) is 0 Å². The zero-order valence-corrected chi connectivity index (χ0v) is 20.5. The van der Waals surface area contributed by atoms with Crippen LogP contribution in [0.1, 0.15) is 33.4 Å². The summed E-state index contributed by atoms with van der Waals surface area (Å²) in [7, 11) is 0. The topological polar surface area (TPSA) is 0 Å². The maximum absolute atomic E-state index is 2.49. The molecule has 0 fully saturated rings. The summed E-state index contributed by atoms with van der Waals surface area (Å²) in [5.41, 5.74) is 13.8. The normalized spacial score (nSPS) is 12.9. The van der Waals surface area contributed by atoms with Crippen molar-refractivity contribution in [2.45, 2.75) is 40.5 Å². The first-order chi connectivity index (χ1) is 16.5. The third kappa shape index (κ3) is 3.13. The molecule has 0 aliphatic heterocycles. The monoisotopic (exact) mass is 438 g/mol. The Hall–Kier alpha value is -3.64. The second-order valence-corrected chi connectivity index (χ2v) is 9.84. The number of aryl methyl sites for hydroxylation is 2. The summed E-state index contributed by atoms with van der Waals surface area (Å²) in [6.45, 7) is 8.98. The van der Waals surface area contributed by atoms with Crippen LogP contribution in [0.15, 0.2) is 84.9 Å². The first-order valence-electron chi connectivity index (χ1n) is 12.3. The van der Waals surface area contributed by atoms with Crippen molar-refractivity contribution in [3.63, 3.8) is 0 Å². The molecule has 0 unspecified atom stereocenters. The van der Waals surface area contributed by atoms with Gasteiger partial charge in [-0.15, -0.1) is 0 Å². The lowest BCUT2D eigenvalue weighted by atomic mass is 9.81. The second kappa shape index (κ2) is 7.99. The minimum atomic E-state index is 1.02. The Morgan fingerprint density at radius 3 is 1.35 bits per heavy atom. The molecule has 0 spiro atoms. The zero-order valence-electron chi connectivity index (χ0n) is 20.5. The van der Waals surface area contributed by atoms with E-state index in [1.54, 1.807) is 0 Å². The lowest BCUT2D eigenvalue weighted by Gasteiger charge is -2.23. The van der Waals surface area contributed by atoms with Crippen molar-refractivity contribution < 1.29 is 0 Å². The summed E-state index contributed by atoms with van der Waals surface area (Å²) < 4.78 is 0. The number of hydrogen-bond acceptors (Lipinski definition) is 0. The summed E-state index contributed by atoms with van der Waals surface area (Å²) in [6.07, 6.45) is 6.67. The maximum Gasteiger partial charge on any atom is -0.00235 e. The number of rotatable bonds is 2. The predicted octanol–water partition coefficient (Wildman–Crippen LogP) is 9.22. The van der Waals surface area contributed by atoms with Crippen LogP contribution < -0.4 is 0 Å². The molecule has 1 aliphatic rings. The molecule has 0 aromatic heterocycles. The van der Waals surface area contributed by atoms with Gasteiger partial charge in [-0.25, -0.2) is 0 Å². The van der Waals surface area contributed by atoms with E-state index in [4.69, 9.17) is 0 Å². The molecule has 0 atom stereocenters. The highest BCUT2D eigenvalue weighted by atomic mass is 14.2. The van der Waals surface area contributed by atoms with Gasteiger partial charge in [0, 0.05) is 0 Å². The molecule has 34 heavy (non-hydrogen) atoms. The number of benzene rings is 5. The van der Waals surface area contributed by atoms with Crippen LogP contribution in [0.2, 0.25) is 0 Å². The lowest BCUT2D eigenvalue weighted by molar-refractivity contribution is 1.10.